The Morgan fingerprint density at radius 2 is 2.11 bits per heavy atom. The zero-order valence-corrected chi connectivity index (χ0v) is 16.8. The number of aromatic nitrogens is 5. The van der Waals surface area contributed by atoms with Crippen LogP contribution in [0.15, 0.2) is 11.4 Å². The molecule has 10 heteroatoms. The van der Waals surface area contributed by atoms with Gasteiger partial charge in [0.25, 0.3) is 0 Å². The molecule has 2 heterocycles. The number of hydrogen-bond donors (Lipinski definition) is 1. The van der Waals surface area contributed by atoms with Crippen LogP contribution in [0, 0.1) is 0 Å². The number of rotatable bonds is 9. The van der Waals surface area contributed by atoms with Crippen LogP contribution in [-0.2, 0) is 23.1 Å². The van der Waals surface area contributed by atoms with Crippen LogP contribution in [0.25, 0.3) is 11.4 Å². The molecule has 3 rings (SSSR count). The molecule has 0 spiro atoms. The Morgan fingerprint density at radius 3 is 2.81 bits per heavy atom. The van der Waals surface area contributed by atoms with Gasteiger partial charge in [0.1, 0.15) is 5.56 Å². The molecule has 1 aliphatic carbocycles. The number of carbonyl (C=O) groups is 1. The van der Waals surface area contributed by atoms with Gasteiger partial charge >= 0.3 is 0 Å². The molecule has 148 valence electrons. The van der Waals surface area contributed by atoms with Gasteiger partial charge in [0.05, 0.1) is 26.0 Å². The molecule has 0 unspecified atom stereocenters. The molecule has 1 amide bonds. The maximum Gasteiger partial charge on any atom is 0.243 e. The lowest BCUT2D eigenvalue weighted by atomic mass is 10.2. The SMILES string of the molecule is COCCn1c(SCC(=O)NC2CCCC2)nnc1-c1cn(C)nc1OC. The van der Waals surface area contributed by atoms with Crippen LogP contribution < -0.4 is 10.1 Å². The van der Waals surface area contributed by atoms with Gasteiger partial charge < -0.3 is 14.8 Å². The van der Waals surface area contributed by atoms with Crippen LogP contribution in [-0.4, -0.2) is 63.1 Å². The van der Waals surface area contributed by atoms with E-state index in [0.717, 1.165) is 18.4 Å². The van der Waals surface area contributed by atoms with Crippen LogP contribution in [0.3, 0.4) is 0 Å². The van der Waals surface area contributed by atoms with Crippen molar-refractivity contribution in [3.8, 4) is 17.3 Å². The number of ether oxygens (including phenoxy) is 2. The summed E-state index contributed by atoms with van der Waals surface area (Å²) in [5.74, 6) is 1.48. The molecule has 0 saturated heterocycles. The van der Waals surface area contributed by atoms with Gasteiger partial charge in [-0.1, -0.05) is 24.6 Å². The molecule has 2 aromatic heterocycles. The summed E-state index contributed by atoms with van der Waals surface area (Å²) in [5.41, 5.74) is 0.755. The van der Waals surface area contributed by atoms with E-state index in [0.29, 0.717) is 41.8 Å². The maximum absolute atomic E-state index is 12.2. The molecule has 0 radical (unpaired) electrons. The van der Waals surface area contributed by atoms with E-state index in [9.17, 15) is 4.79 Å². The fourth-order valence-electron chi connectivity index (χ4n) is 3.22. The summed E-state index contributed by atoms with van der Waals surface area (Å²) in [7, 11) is 5.05. The molecular formula is C17H26N6O3S. The Hall–Kier alpha value is -2.07. The molecule has 0 aromatic carbocycles. The molecule has 0 atom stereocenters. The smallest absolute Gasteiger partial charge is 0.243 e. The molecule has 9 nitrogen and oxygen atoms in total. The van der Waals surface area contributed by atoms with Crippen molar-refractivity contribution >= 4 is 17.7 Å². The summed E-state index contributed by atoms with van der Waals surface area (Å²) in [6, 6.07) is 0.319. The second-order valence-electron chi connectivity index (χ2n) is 6.51. The van der Waals surface area contributed by atoms with Gasteiger partial charge in [-0.3, -0.25) is 14.0 Å². The molecule has 1 aliphatic rings. The number of hydrogen-bond acceptors (Lipinski definition) is 7. The molecule has 1 fully saturated rings. The molecule has 1 saturated carbocycles. The molecular weight excluding hydrogens is 368 g/mol. The Bertz CT molecular complexity index is 769. The van der Waals surface area contributed by atoms with E-state index in [4.69, 9.17) is 9.47 Å². The lowest BCUT2D eigenvalue weighted by Gasteiger charge is -2.12. The zero-order valence-electron chi connectivity index (χ0n) is 16.0. The highest BCUT2D eigenvalue weighted by Gasteiger charge is 2.22. The van der Waals surface area contributed by atoms with E-state index >= 15 is 0 Å². The first-order valence-corrected chi connectivity index (χ1v) is 10.0. The average Bonchev–Trinajstić information content (AvgIpc) is 3.37. The second-order valence-corrected chi connectivity index (χ2v) is 7.46. The monoisotopic (exact) mass is 394 g/mol. The van der Waals surface area contributed by atoms with Crippen molar-refractivity contribution in [2.45, 2.75) is 43.4 Å². The highest BCUT2D eigenvalue weighted by molar-refractivity contribution is 7.99. The number of carbonyl (C=O) groups excluding carboxylic acids is 1. The topological polar surface area (TPSA) is 96.1 Å². The Balaban J connectivity index is 1.74. The summed E-state index contributed by atoms with van der Waals surface area (Å²) in [6.45, 7) is 1.08. The second kappa shape index (κ2) is 9.23. The summed E-state index contributed by atoms with van der Waals surface area (Å²) in [4.78, 5) is 12.2. The molecule has 1 N–H and O–H groups in total. The fraction of sp³-hybridized carbons (Fsp3) is 0.647. The van der Waals surface area contributed by atoms with Crippen LogP contribution >= 0.6 is 11.8 Å². The first-order chi connectivity index (χ1) is 13.1. The third kappa shape index (κ3) is 4.81. The van der Waals surface area contributed by atoms with E-state index < -0.39 is 0 Å². The van der Waals surface area contributed by atoms with E-state index in [1.54, 1.807) is 18.9 Å². The van der Waals surface area contributed by atoms with Gasteiger partial charge in [-0.05, 0) is 12.8 Å². The van der Waals surface area contributed by atoms with Gasteiger partial charge in [-0.15, -0.1) is 15.3 Å². The van der Waals surface area contributed by atoms with Gasteiger partial charge in [-0.2, -0.15) is 0 Å². The van der Waals surface area contributed by atoms with Crippen LogP contribution in [0.4, 0.5) is 0 Å². The Morgan fingerprint density at radius 1 is 1.33 bits per heavy atom. The number of methoxy groups -OCH3 is 2. The third-order valence-electron chi connectivity index (χ3n) is 4.52. The maximum atomic E-state index is 12.2. The van der Waals surface area contributed by atoms with Gasteiger partial charge in [0, 0.05) is 26.4 Å². The van der Waals surface area contributed by atoms with E-state index in [-0.39, 0.29) is 5.91 Å². The Kier molecular flexibility index (Phi) is 6.73. The normalized spacial score (nSPS) is 14.6. The van der Waals surface area contributed by atoms with Gasteiger partial charge in [0.15, 0.2) is 11.0 Å². The highest BCUT2D eigenvalue weighted by Crippen LogP contribution is 2.30. The molecule has 2 aromatic rings. The number of thioether (sulfide) groups is 1. The van der Waals surface area contributed by atoms with Crippen LogP contribution in [0.1, 0.15) is 25.7 Å². The van der Waals surface area contributed by atoms with Gasteiger partial charge in [0.2, 0.25) is 11.8 Å². The number of nitrogens with one attached hydrogen (secondary N) is 1. The Labute approximate surface area is 162 Å². The highest BCUT2D eigenvalue weighted by atomic mass is 32.2. The largest absolute Gasteiger partial charge is 0.479 e. The van der Waals surface area contributed by atoms with Crippen molar-refractivity contribution in [3.63, 3.8) is 0 Å². The zero-order chi connectivity index (χ0) is 19.2. The summed E-state index contributed by atoms with van der Waals surface area (Å²) in [6.07, 6.45) is 6.38. The van der Waals surface area contributed by atoms with Crippen molar-refractivity contribution in [1.82, 2.24) is 29.9 Å². The number of aryl methyl sites for hydroxylation is 1. The van der Waals surface area contributed by atoms with E-state index in [1.165, 1.54) is 24.6 Å². The van der Waals surface area contributed by atoms with Crippen molar-refractivity contribution in [2.75, 3.05) is 26.6 Å². The van der Waals surface area contributed by atoms with Crippen LogP contribution in [0.5, 0.6) is 5.88 Å². The molecule has 0 aliphatic heterocycles. The van der Waals surface area contributed by atoms with Crippen molar-refractivity contribution in [3.05, 3.63) is 6.20 Å². The van der Waals surface area contributed by atoms with E-state index in [1.807, 2.05) is 17.8 Å². The van der Waals surface area contributed by atoms with Crippen molar-refractivity contribution < 1.29 is 14.3 Å². The van der Waals surface area contributed by atoms with Crippen LogP contribution in [0.2, 0.25) is 0 Å². The minimum Gasteiger partial charge on any atom is -0.479 e. The van der Waals surface area contributed by atoms with Crippen molar-refractivity contribution in [1.29, 1.82) is 0 Å². The minimum atomic E-state index is 0.0358. The van der Waals surface area contributed by atoms with E-state index in [2.05, 4.69) is 20.6 Å². The minimum absolute atomic E-state index is 0.0358. The first kappa shape index (κ1) is 19.7. The lowest BCUT2D eigenvalue weighted by molar-refractivity contribution is -0.119. The fourth-order valence-corrected chi connectivity index (χ4v) is 4.00. The van der Waals surface area contributed by atoms with Crippen molar-refractivity contribution in [2.24, 2.45) is 7.05 Å². The predicted molar refractivity (Wildman–Crippen MR) is 102 cm³/mol. The lowest BCUT2D eigenvalue weighted by Crippen LogP contribution is -2.33. The number of amides is 1. The quantitative estimate of drug-likeness (QED) is 0.644. The van der Waals surface area contributed by atoms with Gasteiger partial charge in [-0.25, -0.2) is 0 Å². The molecule has 27 heavy (non-hydrogen) atoms. The number of nitrogens with zero attached hydrogens (tertiary/aromatic N) is 5. The summed E-state index contributed by atoms with van der Waals surface area (Å²) < 4.78 is 14.2. The third-order valence-corrected chi connectivity index (χ3v) is 5.48. The first-order valence-electron chi connectivity index (χ1n) is 9.04. The molecule has 0 bridgehead atoms. The predicted octanol–water partition coefficient (Wildman–Crippen LogP) is 1.48. The standard InChI is InChI=1S/C17H26N6O3S/c1-22-10-13(16(21-22)26-3)15-19-20-17(23(15)8-9-25-2)27-11-14(24)18-12-6-4-5-7-12/h10,12H,4-9,11H2,1-3H3,(H,18,24). The summed E-state index contributed by atoms with van der Waals surface area (Å²) in [5, 5.41) is 16.6. The average molecular weight is 395 g/mol. The summed E-state index contributed by atoms with van der Waals surface area (Å²) >= 11 is 1.38.